The second kappa shape index (κ2) is 7.15. The Bertz CT molecular complexity index is 485. The fraction of sp³-hybridized carbons (Fsp3) is 0.308. The zero-order valence-corrected chi connectivity index (χ0v) is 10.9. The van der Waals surface area contributed by atoms with Gasteiger partial charge in [0.2, 0.25) is 0 Å². The third-order valence-corrected chi connectivity index (χ3v) is 2.29. The van der Waals surface area contributed by atoms with E-state index in [2.05, 4.69) is 10.6 Å². The fourth-order valence-electron chi connectivity index (χ4n) is 1.33. The molecule has 0 saturated carbocycles. The van der Waals surface area contributed by atoms with E-state index in [1.54, 1.807) is 31.2 Å². The summed E-state index contributed by atoms with van der Waals surface area (Å²) in [5, 5.41) is 5.03. The second-order valence-electron chi connectivity index (χ2n) is 3.72. The van der Waals surface area contributed by atoms with Gasteiger partial charge in [0.05, 0.1) is 0 Å². The van der Waals surface area contributed by atoms with Gasteiger partial charge in [-0.05, 0) is 18.2 Å². The van der Waals surface area contributed by atoms with Gasteiger partial charge in [-0.2, -0.15) is 0 Å². The molecule has 0 bridgehead atoms. The summed E-state index contributed by atoms with van der Waals surface area (Å²) in [4.78, 5) is 33.8. The van der Waals surface area contributed by atoms with Crippen LogP contribution in [0.25, 0.3) is 0 Å². The molecule has 0 spiro atoms. The molecule has 6 nitrogen and oxygen atoms in total. The van der Waals surface area contributed by atoms with Crippen molar-refractivity contribution in [2.24, 2.45) is 0 Å². The number of carbonyl (C=O) groups excluding carboxylic acids is 3. The molecule has 6 heteroatoms. The molecule has 1 rings (SSSR count). The highest BCUT2D eigenvalue weighted by Gasteiger charge is 2.08. The summed E-state index contributed by atoms with van der Waals surface area (Å²) in [7, 11) is 1.53. The summed E-state index contributed by atoms with van der Waals surface area (Å²) in [6.45, 7) is 1.31. The van der Waals surface area contributed by atoms with Crippen molar-refractivity contribution in [1.29, 1.82) is 0 Å². The normalized spacial score (nSPS) is 9.58. The number of hydrogen-bond acceptors (Lipinski definition) is 4. The second-order valence-corrected chi connectivity index (χ2v) is 3.72. The van der Waals surface area contributed by atoms with Gasteiger partial charge in [0.15, 0.2) is 6.61 Å². The Kier molecular flexibility index (Phi) is 5.53. The number of carbonyl (C=O) groups is 3. The molecule has 0 fully saturated rings. The SMILES string of the molecule is CCC(=O)OCC(=O)Nc1cccc(C(=O)NC)c1. The largest absolute Gasteiger partial charge is 0.456 e. The lowest BCUT2D eigenvalue weighted by Crippen LogP contribution is -2.21. The van der Waals surface area contributed by atoms with E-state index >= 15 is 0 Å². The molecule has 2 N–H and O–H groups in total. The maximum Gasteiger partial charge on any atom is 0.306 e. The molecule has 0 aliphatic rings. The van der Waals surface area contributed by atoms with Crippen LogP contribution in [0, 0.1) is 0 Å². The van der Waals surface area contributed by atoms with E-state index in [9.17, 15) is 14.4 Å². The molecule has 102 valence electrons. The fourth-order valence-corrected chi connectivity index (χ4v) is 1.33. The average molecular weight is 264 g/mol. The molecule has 0 radical (unpaired) electrons. The average Bonchev–Trinajstić information content (AvgIpc) is 2.44. The Morgan fingerprint density at radius 1 is 1.26 bits per heavy atom. The highest BCUT2D eigenvalue weighted by Crippen LogP contribution is 2.10. The summed E-state index contributed by atoms with van der Waals surface area (Å²) in [6.07, 6.45) is 0.222. The van der Waals surface area contributed by atoms with Crippen molar-refractivity contribution < 1.29 is 19.1 Å². The predicted octanol–water partition coefficient (Wildman–Crippen LogP) is 0.938. The summed E-state index contributed by atoms with van der Waals surface area (Å²) in [5.74, 6) is -1.13. The van der Waals surface area contributed by atoms with Gasteiger partial charge in [0.25, 0.3) is 11.8 Å². The van der Waals surface area contributed by atoms with E-state index in [1.807, 2.05) is 0 Å². The lowest BCUT2D eigenvalue weighted by Gasteiger charge is -2.07. The monoisotopic (exact) mass is 264 g/mol. The number of hydrogen-bond donors (Lipinski definition) is 2. The van der Waals surface area contributed by atoms with E-state index < -0.39 is 11.9 Å². The number of ether oxygens (including phenoxy) is 1. The molecular formula is C13H16N2O4. The van der Waals surface area contributed by atoms with Crippen LogP contribution in [0.15, 0.2) is 24.3 Å². The Hall–Kier alpha value is -2.37. The minimum atomic E-state index is -0.448. The zero-order valence-electron chi connectivity index (χ0n) is 10.9. The van der Waals surface area contributed by atoms with Crippen LogP contribution in [0.5, 0.6) is 0 Å². The van der Waals surface area contributed by atoms with Crippen LogP contribution in [-0.4, -0.2) is 31.4 Å². The zero-order chi connectivity index (χ0) is 14.3. The molecule has 0 aliphatic heterocycles. The number of rotatable bonds is 5. The minimum absolute atomic E-state index is 0.222. The Morgan fingerprint density at radius 3 is 2.63 bits per heavy atom. The lowest BCUT2D eigenvalue weighted by atomic mass is 10.2. The van der Waals surface area contributed by atoms with Gasteiger partial charge in [0.1, 0.15) is 0 Å². The van der Waals surface area contributed by atoms with Gasteiger partial charge in [-0.15, -0.1) is 0 Å². The van der Waals surface area contributed by atoms with E-state index in [1.165, 1.54) is 7.05 Å². The third kappa shape index (κ3) is 4.79. The number of benzene rings is 1. The highest BCUT2D eigenvalue weighted by atomic mass is 16.5. The molecular weight excluding hydrogens is 248 g/mol. The van der Waals surface area contributed by atoms with Crippen LogP contribution in [0.1, 0.15) is 23.7 Å². The van der Waals surface area contributed by atoms with Crippen LogP contribution in [0.2, 0.25) is 0 Å². The molecule has 19 heavy (non-hydrogen) atoms. The number of anilines is 1. The molecule has 1 aromatic carbocycles. The lowest BCUT2D eigenvalue weighted by molar-refractivity contribution is -0.146. The number of amides is 2. The van der Waals surface area contributed by atoms with Gasteiger partial charge in [-0.3, -0.25) is 14.4 Å². The number of nitrogens with one attached hydrogen (secondary N) is 2. The first-order valence-corrected chi connectivity index (χ1v) is 5.84. The third-order valence-electron chi connectivity index (χ3n) is 2.29. The van der Waals surface area contributed by atoms with E-state index in [0.29, 0.717) is 11.3 Å². The summed E-state index contributed by atoms with van der Waals surface area (Å²) in [5.41, 5.74) is 0.907. The Labute approximate surface area is 111 Å². The summed E-state index contributed by atoms with van der Waals surface area (Å²) >= 11 is 0. The van der Waals surface area contributed by atoms with Crippen molar-refractivity contribution in [1.82, 2.24) is 5.32 Å². The van der Waals surface area contributed by atoms with Gasteiger partial charge >= 0.3 is 5.97 Å². The first kappa shape index (κ1) is 14.7. The molecule has 0 atom stereocenters. The van der Waals surface area contributed by atoms with Gasteiger partial charge in [-0.25, -0.2) is 0 Å². The van der Waals surface area contributed by atoms with Crippen molar-refractivity contribution in [3.8, 4) is 0 Å². The van der Waals surface area contributed by atoms with E-state index in [0.717, 1.165) is 0 Å². The van der Waals surface area contributed by atoms with Crippen molar-refractivity contribution in [2.75, 3.05) is 19.0 Å². The first-order valence-electron chi connectivity index (χ1n) is 5.84. The minimum Gasteiger partial charge on any atom is -0.456 e. The highest BCUT2D eigenvalue weighted by molar-refractivity contribution is 5.97. The standard InChI is InChI=1S/C13H16N2O4/c1-3-12(17)19-8-11(16)15-10-6-4-5-9(7-10)13(18)14-2/h4-7H,3,8H2,1-2H3,(H,14,18)(H,15,16). The maximum atomic E-state index is 11.5. The van der Waals surface area contributed by atoms with E-state index in [4.69, 9.17) is 4.74 Å². The Morgan fingerprint density at radius 2 is 2.00 bits per heavy atom. The van der Waals surface area contributed by atoms with Crippen LogP contribution in [-0.2, 0) is 14.3 Å². The van der Waals surface area contributed by atoms with Gasteiger partial charge in [-0.1, -0.05) is 13.0 Å². The van der Waals surface area contributed by atoms with Crippen molar-refractivity contribution in [3.63, 3.8) is 0 Å². The van der Waals surface area contributed by atoms with Crippen molar-refractivity contribution in [3.05, 3.63) is 29.8 Å². The van der Waals surface area contributed by atoms with Gasteiger partial charge in [0, 0.05) is 24.7 Å². The van der Waals surface area contributed by atoms with Crippen molar-refractivity contribution >= 4 is 23.5 Å². The smallest absolute Gasteiger partial charge is 0.306 e. The van der Waals surface area contributed by atoms with Crippen LogP contribution < -0.4 is 10.6 Å². The van der Waals surface area contributed by atoms with Crippen LogP contribution in [0.3, 0.4) is 0 Å². The van der Waals surface area contributed by atoms with Crippen LogP contribution in [0.4, 0.5) is 5.69 Å². The molecule has 0 heterocycles. The first-order chi connectivity index (χ1) is 9.06. The van der Waals surface area contributed by atoms with Gasteiger partial charge < -0.3 is 15.4 Å². The molecule has 1 aromatic rings. The molecule has 0 unspecified atom stereocenters. The predicted molar refractivity (Wildman–Crippen MR) is 69.7 cm³/mol. The summed E-state index contributed by atoms with van der Waals surface area (Å²) < 4.78 is 4.69. The van der Waals surface area contributed by atoms with Crippen molar-refractivity contribution in [2.45, 2.75) is 13.3 Å². The van der Waals surface area contributed by atoms with Crippen LogP contribution >= 0.6 is 0 Å². The molecule has 0 aromatic heterocycles. The molecule has 2 amide bonds. The molecule has 0 saturated heterocycles. The number of esters is 1. The molecule has 0 aliphatic carbocycles. The quantitative estimate of drug-likeness (QED) is 0.775. The maximum absolute atomic E-state index is 11.5. The van der Waals surface area contributed by atoms with E-state index in [-0.39, 0.29) is 18.9 Å². The summed E-state index contributed by atoms with van der Waals surface area (Å²) in [6, 6.07) is 6.47. The topological polar surface area (TPSA) is 84.5 Å². The Balaban J connectivity index is 2.59.